The van der Waals surface area contributed by atoms with Crippen LogP contribution in [-0.2, 0) is 4.79 Å². The first-order valence-corrected chi connectivity index (χ1v) is 6.86. The SMILES string of the molecule is CC(C)CCC(C)NC(=O)C1CC2CC2C1. The Bertz CT molecular complexity index is 251. The van der Waals surface area contributed by atoms with E-state index in [1.165, 1.54) is 12.8 Å². The van der Waals surface area contributed by atoms with Crippen LogP contribution in [0.5, 0.6) is 0 Å². The molecule has 1 N–H and O–H groups in total. The van der Waals surface area contributed by atoms with E-state index in [4.69, 9.17) is 0 Å². The number of hydrogen-bond donors (Lipinski definition) is 1. The van der Waals surface area contributed by atoms with Crippen LogP contribution in [0.15, 0.2) is 0 Å². The van der Waals surface area contributed by atoms with Crippen molar-refractivity contribution in [2.45, 2.75) is 58.9 Å². The Balaban J connectivity index is 1.66. The highest BCUT2D eigenvalue weighted by Gasteiger charge is 2.47. The van der Waals surface area contributed by atoms with Crippen molar-refractivity contribution >= 4 is 5.91 Å². The number of rotatable bonds is 5. The van der Waals surface area contributed by atoms with Crippen LogP contribution in [0.3, 0.4) is 0 Å². The summed E-state index contributed by atoms with van der Waals surface area (Å²) in [4.78, 5) is 12.0. The Morgan fingerprint density at radius 2 is 1.75 bits per heavy atom. The fourth-order valence-electron chi connectivity index (χ4n) is 2.95. The van der Waals surface area contributed by atoms with Crippen molar-refractivity contribution in [2.24, 2.45) is 23.7 Å². The third kappa shape index (κ3) is 2.99. The van der Waals surface area contributed by atoms with E-state index in [2.05, 4.69) is 26.1 Å². The molecule has 0 bridgehead atoms. The lowest BCUT2D eigenvalue weighted by Gasteiger charge is -2.18. The molecule has 2 nitrogen and oxygen atoms in total. The molecule has 2 fully saturated rings. The minimum Gasteiger partial charge on any atom is -0.353 e. The van der Waals surface area contributed by atoms with Gasteiger partial charge in [0.15, 0.2) is 0 Å². The molecule has 3 atom stereocenters. The molecule has 3 unspecified atom stereocenters. The fraction of sp³-hybridized carbons (Fsp3) is 0.929. The molecule has 2 rings (SSSR count). The van der Waals surface area contributed by atoms with E-state index in [9.17, 15) is 4.79 Å². The van der Waals surface area contributed by atoms with Crippen molar-refractivity contribution in [1.29, 1.82) is 0 Å². The third-order valence-corrected chi connectivity index (χ3v) is 4.18. The lowest BCUT2D eigenvalue weighted by molar-refractivity contribution is -0.125. The lowest BCUT2D eigenvalue weighted by Crippen LogP contribution is -2.37. The van der Waals surface area contributed by atoms with Crippen LogP contribution in [0.2, 0.25) is 0 Å². The fourth-order valence-corrected chi connectivity index (χ4v) is 2.95. The maximum absolute atomic E-state index is 12.0. The molecular formula is C14H25NO. The summed E-state index contributed by atoms with van der Waals surface area (Å²) in [7, 11) is 0. The topological polar surface area (TPSA) is 29.1 Å². The van der Waals surface area contributed by atoms with Gasteiger partial charge >= 0.3 is 0 Å². The standard InChI is InChI=1S/C14H25NO/c1-9(2)4-5-10(3)15-14(16)13-7-11-6-12(11)8-13/h9-13H,4-8H2,1-3H3,(H,15,16). The summed E-state index contributed by atoms with van der Waals surface area (Å²) >= 11 is 0. The van der Waals surface area contributed by atoms with E-state index in [1.807, 2.05) is 0 Å². The number of fused-ring (bicyclic) bond motifs is 1. The first-order chi connectivity index (χ1) is 7.56. The summed E-state index contributed by atoms with van der Waals surface area (Å²) in [6.07, 6.45) is 6.04. The molecule has 1 amide bonds. The Morgan fingerprint density at radius 3 is 2.31 bits per heavy atom. The average Bonchev–Trinajstić information content (AvgIpc) is 2.83. The van der Waals surface area contributed by atoms with Crippen molar-refractivity contribution in [2.75, 3.05) is 0 Å². The zero-order valence-electron chi connectivity index (χ0n) is 10.8. The summed E-state index contributed by atoms with van der Waals surface area (Å²) in [6.45, 7) is 6.61. The highest BCUT2D eigenvalue weighted by atomic mass is 16.1. The van der Waals surface area contributed by atoms with Crippen LogP contribution >= 0.6 is 0 Å². The minimum absolute atomic E-state index is 0.323. The molecule has 2 aliphatic rings. The van der Waals surface area contributed by atoms with Gasteiger partial charge in [0.05, 0.1) is 0 Å². The molecule has 0 spiro atoms. The van der Waals surface area contributed by atoms with Gasteiger partial charge in [0.2, 0.25) is 5.91 Å². The lowest BCUT2D eigenvalue weighted by atomic mass is 10.0. The molecule has 0 aromatic carbocycles. The van der Waals surface area contributed by atoms with Gasteiger partial charge in [-0.25, -0.2) is 0 Å². The smallest absolute Gasteiger partial charge is 0.223 e. The third-order valence-electron chi connectivity index (χ3n) is 4.18. The maximum atomic E-state index is 12.0. The molecule has 92 valence electrons. The second kappa shape index (κ2) is 4.77. The highest BCUT2D eigenvalue weighted by molar-refractivity contribution is 5.79. The van der Waals surface area contributed by atoms with Gasteiger partial charge in [0, 0.05) is 12.0 Å². The monoisotopic (exact) mass is 223 g/mol. The summed E-state index contributed by atoms with van der Waals surface area (Å²) < 4.78 is 0. The van der Waals surface area contributed by atoms with E-state index >= 15 is 0 Å². The van der Waals surface area contributed by atoms with E-state index in [0.29, 0.717) is 17.9 Å². The van der Waals surface area contributed by atoms with Crippen LogP contribution in [0, 0.1) is 23.7 Å². The molecule has 0 aromatic rings. The predicted octanol–water partition coefficient (Wildman–Crippen LogP) is 2.97. The second-order valence-corrected chi connectivity index (χ2v) is 6.31. The summed E-state index contributed by atoms with van der Waals surface area (Å²) in [5.74, 6) is 3.20. The van der Waals surface area contributed by atoms with Crippen molar-refractivity contribution < 1.29 is 4.79 Å². The Morgan fingerprint density at radius 1 is 1.12 bits per heavy atom. The van der Waals surface area contributed by atoms with Gasteiger partial charge in [-0.3, -0.25) is 4.79 Å². The largest absolute Gasteiger partial charge is 0.353 e. The summed E-state index contributed by atoms with van der Waals surface area (Å²) in [5.41, 5.74) is 0. The molecule has 2 heteroatoms. The van der Waals surface area contributed by atoms with Crippen LogP contribution in [0.1, 0.15) is 52.9 Å². The van der Waals surface area contributed by atoms with Crippen molar-refractivity contribution in [3.05, 3.63) is 0 Å². The molecule has 16 heavy (non-hydrogen) atoms. The molecule has 2 aliphatic carbocycles. The highest BCUT2D eigenvalue weighted by Crippen LogP contribution is 2.54. The zero-order valence-corrected chi connectivity index (χ0v) is 10.8. The number of carbonyl (C=O) groups excluding carboxylic acids is 1. The summed E-state index contributed by atoms with van der Waals surface area (Å²) in [6, 6.07) is 0.354. The second-order valence-electron chi connectivity index (χ2n) is 6.31. The van der Waals surface area contributed by atoms with Crippen LogP contribution in [0.4, 0.5) is 0 Å². The molecular weight excluding hydrogens is 198 g/mol. The molecule has 2 saturated carbocycles. The van der Waals surface area contributed by atoms with Gasteiger partial charge in [-0.1, -0.05) is 13.8 Å². The molecule has 0 aliphatic heterocycles. The van der Waals surface area contributed by atoms with Gasteiger partial charge < -0.3 is 5.32 Å². The van der Waals surface area contributed by atoms with Crippen LogP contribution in [0.25, 0.3) is 0 Å². The number of nitrogens with one attached hydrogen (secondary N) is 1. The number of hydrogen-bond acceptors (Lipinski definition) is 1. The van der Waals surface area contributed by atoms with E-state index < -0.39 is 0 Å². The first-order valence-electron chi connectivity index (χ1n) is 6.86. The zero-order chi connectivity index (χ0) is 11.7. The van der Waals surface area contributed by atoms with Gasteiger partial charge in [0.1, 0.15) is 0 Å². The van der Waals surface area contributed by atoms with E-state index in [1.54, 1.807) is 0 Å². The van der Waals surface area contributed by atoms with Crippen LogP contribution in [-0.4, -0.2) is 11.9 Å². The molecule has 0 saturated heterocycles. The molecule has 0 heterocycles. The van der Waals surface area contributed by atoms with Gasteiger partial charge in [0.25, 0.3) is 0 Å². The molecule has 0 radical (unpaired) electrons. The predicted molar refractivity (Wildman–Crippen MR) is 66.0 cm³/mol. The van der Waals surface area contributed by atoms with Gasteiger partial charge in [-0.2, -0.15) is 0 Å². The molecule has 0 aromatic heterocycles. The Kier molecular flexibility index (Phi) is 3.56. The van der Waals surface area contributed by atoms with Gasteiger partial charge in [-0.05, 0) is 56.8 Å². The number of amides is 1. The minimum atomic E-state index is 0.323. The Hall–Kier alpha value is -0.530. The van der Waals surface area contributed by atoms with Crippen molar-refractivity contribution in [1.82, 2.24) is 5.32 Å². The van der Waals surface area contributed by atoms with Crippen LogP contribution < -0.4 is 5.32 Å². The average molecular weight is 223 g/mol. The maximum Gasteiger partial charge on any atom is 0.223 e. The van der Waals surface area contributed by atoms with Crippen molar-refractivity contribution in [3.63, 3.8) is 0 Å². The van der Waals surface area contributed by atoms with E-state index in [0.717, 1.165) is 37.0 Å². The van der Waals surface area contributed by atoms with Crippen molar-refractivity contribution in [3.8, 4) is 0 Å². The number of carbonyl (C=O) groups is 1. The normalized spacial score (nSPS) is 33.6. The quantitative estimate of drug-likeness (QED) is 0.762. The Labute approximate surface area is 99.2 Å². The first kappa shape index (κ1) is 11.9. The van der Waals surface area contributed by atoms with Gasteiger partial charge in [-0.15, -0.1) is 0 Å². The van der Waals surface area contributed by atoms with E-state index in [-0.39, 0.29) is 0 Å². The summed E-state index contributed by atoms with van der Waals surface area (Å²) in [5, 5.41) is 3.18.